The zero-order valence-corrected chi connectivity index (χ0v) is 11.4. The van der Waals surface area contributed by atoms with Crippen molar-refractivity contribution in [3.63, 3.8) is 0 Å². The van der Waals surface area contributed by atoms with Crippen molar-refractivity contribution in [3.05, 3.63) is 0 Å². The summed E-state index contributed by atoms with van der Waals surface area (Å²) in [5, 5.41) is 21.0. The molecule has 1 heterocycles. The highest BCUT2D eigenvalue weighted by atomic mass is 32.1. The van der Waals surface area contributed by atoms with E-state index in [1.54, 1.807) is 0 Å². The van der Waals surface area contributed by atoms with Gasteiger partial charge in [-0.2, -0.15) is 0 Å². The first-order valence-electron chi connectivity index (χ1n) is 5.52. The van der Waals surface area contributed by atoms with Crippen molar-refractivity contribution in [2.24, 2.45) is 5.73 Å². The van der Waals surface area contributed by atoms with Gasteiger partial charge < -0.3 is 26.0 Å². The molecule has 3 unspecified atom stereocenters. The van der Waals surface area contributed by atoms with Gasteiger partial charge in [0, 0.05) is 13.2 Å². The van der Waals surface area contributed by atoms with Crippen LogP contribution in [0.25, 0.3) is 0 Å². The van der Waals surface area contributed by atoms with Crippen molar-refractivity contribution >= 4 is 17.3 Å². The second-order valence-corrected chi connectivity index (χ2v) is 3.85. The molecule has 8 heteroatoms. The molecule has 112 valence electrons. The third-order valence-electron chi connectivity index (χ3n) is 2.05. The molecule has 1 aliphatic rings. The lowest BCUT2D eigenvalue weighted by molar-refractivity contribution is -0.178. The van der Waals surface area contributed by atoms with Crippen molar-refractivity contribution in [3.8, 4) is 12.8 Å². The fourth-order valence-corrected chi connectivity index (χ4v) is 1.35. The maximum atomic E-state index is 11.9. The summed E-state index contributed by atoms with van der Waals surface area (Å²) in [5.41, 5.74) is 5.02. The van der Waals surface area contributed by atoms with Gasteiger partial charge >= 0.3 is 0 Å². The molecule has 1 aliphatic heterocycles. The van der Waals surface area contributed by atoms with Crippen molar-refractivity contribution < 1.29 is 23.7 Å². The predicted molar refractivity (Wildman–Crippen MR) is 72.7 cm³/mol. The van der Waals surface area contributed by atoms with Crippen LogP contribution in [0, 0.1) is 12.8 Å². The van der Waals surface area contributed by atoms with Crippen molar-refractivity contribution in [1.82, 2.24) is 5.32 Å². The van der Waals surface area contributed by atoms with Crippen LogP contribution in [0.1, 0.15) is 13.3 Å². The Bertz CT molecular complexity index is 268. The lowest BCUT2D eigenvalue weighted by Crippen LogP contribution is -2.47. The summed E-state index contributed by atoms with van der Waals surface area (Å²) in [4.78, 5) is 0. The summed E-state index contributed by atoms with van der Waals surface area (Å²) in [7, 11) is 0. The molecular weight excluding hydrogens is 278 g/mol. The van der Waals surface area contributed by atoms with Gasteiger partial charge in [-0.25, -0.2) is 8.78 Å². The molecule has 5 N–H and O–H groups in total. The first-order chi connectivity index (χ1) is 8.90. The summed E-state index contributed by atoms with van der Waals surface area (Å²) < 4.78 is 28.5. The second-order valence-electron chi connectivity index (χ2n) is 3.41. The Morgan fingerprint density at radius 2 is 2.05 bits per heavy atom. The highest BCUT2D eigenvalue weighted by Crippen LogP contribution is 2.19. The Morgan fingerprint density at radius 3 is 2.32 bits per heavy atom. The molecule has 5 nitrogen and oxygen atoms in total. The quantitative estimate of drug-likeness (QED) is 0.419. The fraction of sp³-hybridized carbons (Fsp3) is 0.727. The summed E-state index contributed by atoms with van der Waals surface area (Å²) >= 11 is 4.46. The van der Waals surface area contributed by atoms with Gasteiger partial charge in [0.15, 0.2) is 5.11 Å². The van der Waals surface area contributed by atoms with Crippen LogP contribution in [0.5, 0.6) is 0 Å². The Balaban J connectivity index is 0. The fourth-order valence-electron chi connectivity index (χ4n) is 1.21. The number of halogens is 2. The zero-order valence-electron chi connectivity index (χ0n) is 10.6. The van der Waals surface area contributed by atoms with E-state index in [-0.39, 0.29) is 13.0 Å². The maximum Gasteiger partial charge on any atom is 0.266 e. The first-order valence-corrected chi connectivity index (χ1v) is 5.93. The molecule has 0 aromatic rings. The summed E-state index contributed by atoms with van der Waals surface area (Å²) in [6, 6.07) is 0. The number of terminal acetylenes is 1. The summed E-state index contributed by atoms with van der Waals surface area (Å²) in [6.07, 6.45) is 1.41. The van der Waals surface area contributed by atoms with Crippen LogP contribution < -0.4 is 11.1 Å². The highest BCUT2D eigenvalue weighted by Gasteiger charge is 2.37. The van der Waals surface area contributed by atoms with Gasteiger partial charge in [0.05, 0.1) is 6.10 Å². The molecule has 19 heavy (non-hydrogen) atoms. The minimum atomic E-state index is -2.74. The minimum absolute atomic E-state index is 0.0766. The van der Waals surface area contributed by atoms with Gasteiger partial charge in [0.2, 0.25) is 0 Å². The van der Waals surface area contributed by atoms with E-state index in [1.165, 1.54) is 0 Å². The standard InChI is InChI=1S/C6H10F2O3.C3H8N2S.C2H2/c7-6(8)5-4(10)3(9)1-2-11-5;1-2-5-3(4)6;1-2/h3-6,9-10H,1-2H2;2H2,1H3,(H3,4,5,6);1-2H. The van der Waals surface area contributed by atoms with Gasteiger partial charge in [-0.05, 0) is 25.6 Å². The molecule has 0 amide bonds. The van der Waals surface area contributed by atoms with Gasteiger partial charge in [-0.1, -0.05) is 0 Å². The monoisotopic (exact) mass is 298 g/mol. The third-order valence-corrected chi connectivity index (χ3v) is 2.20. The molecular formula is C11H20F2N2O3S. The van der Waals surface area contributed by atoms with Crippen LogP contribution in [0.15, 0.2) is 0 Å². The molecule has 0 aromatic carbocycles. The topological polar surface area (TPSA) is 87.7 Å². The Morgan fingerprint density at radius 1 is 1.53 bits per heavy atom. The van der Waals surface area contributed by atoms with E-state index in [9.17, 15) is 8.78 Å². The van der Waals surface area contributed by atoms with Crippen LogP contribution in [0.2, 0.25) is 0 Å². The highest BCUT2D eigenvalue weighted by molar-refractivity contribution is 7.80. The van der Waals surface area contributed by atoms with Crippen LogP contribution in [-0.2, 0) is 4.74 Å². The number of rotatable bonds is 2. The number of aliphatic hydroxyl groups is 2. The SMILES string of the molecule is C#C.CCNC(N)=S.OC1CCOC(C(F)F)C1O. The lowest BCUT2D eigenvalue weighted by atomic mass is 10.0. The number of hydrogen-bond donors (Lipinski definition) is 4. The van der Waals surface area contributed by atoms with E-state index in [0.717, 1.165) is 6.54 Å². The third kappa shape index (κ3) is 9.55. The number of thiocarbonyl (C=S) groups is 1. The van der Waals surface area contributed by atoms with Gasteiger partial charge in [0.1, 0.15) is 12.2 Å². The number of aliphatic hydroxyl groups excluding tert-OH is 2. The number of hydrogen-bond acceptors (Lipinski definition) is 4. The normalized spacial score (nSPS) is 25.4. The van der Waals surface area contributed by atoms with Gasteiger partial charge in [-0.3, -0.25) is 0 Å². The largest absolute Gasteiger partial charge is 0.390 e. The second kappa shape index (κ2) is 12.0. The van der Waals surface area contributed by atoms with Gasteiger partial charge in [0.25, 0.3) is 6.43 Å². The molecule has 0 aromatic heterocycles. The van der Waals surface area contributed by atoms with E-state index in [2.05, 4.69) is 35.1 Å². The Hall–Kier alpha value is -1.01. The molecule has 0 aliphatic carbocycles. The molecule has 1 rings (SSSR count). The van der Waals surface area contributed by atoms with Crippen LogP contribution >= 0.6 is 12.2 Å². The first kappa shape index (κ1) is 20.3. The van der Waals surface area contributed by atoms with E-state index in [0.29, 0.717) is 5.11 Å². The van der Waals surface area contributed by atoms with Crippen LogP contribution in [0.3, 0.4) is 0 Å². The van der Waals surface area contributed by atoms with Crippen LogP contribution in [-0.4, -0.2) is 53.2 Å². The molecule has 0 spiro atoms. The molecule has 0 bridgehead atoms. The van der Waals surface area contributed by atoms with Crippen LogP contribution in [0.4, 0.5) is 8.78 Å². The predicted octanol–water partition coefficient (Wildman–Crippen LogP) is -0.149. The smallest absolute Gasteiger partial charge is 0.266 e. The molecule has 1 saturated heterocycles. The summed E-state index contributed by atoms with van der Waals surface area (Å²) in [6.45, 7) is 2.84. The van der Waals surface area contributed by atoms with Crippen molar-refractivity contribution in [2.45, 2.75) is 38.1 Å². The van der Waals surface area contributed by atoms with Gasteiger partial charge in [-0.15, -0.1) is 12.8 Å². The average Bonchev–Trinajstić information content (AvgIpc) is 2.35. The van der Waals surface area contributed by atoms with Crippen molar-refractivity contribution in [1.29, 1.82) is 0 Å². The molecule has 0 saturated carbocycles. The number of nitrogens with one attached hydrogen (secondary N) is 1. The number of alkyl halides is 2. The lowest BCUT2D eigenvalue weighted by Gasteiger charge is -2.31. The average molecular weight is 298 g/mol. The van der Waals surface area contributed by atoms with E-state index in [1.807, 2.05) is 6.92 Å². The Kier molecular flexibility index (Phi) is 12.9. The molecule has 3 atom stereocenters. The Labute approximate surface area is 117 Å². The van der Waals surface area contributed by atoms with E-state index >= 15 is 0 Å². The molecule has 1 fully saturated rings. The number of nitrogens with two attached hydrogens (primary N) is 1. The van der Waals surface area contributed by atoms with Crippen molar-refractivity contribution in [2.75, 3.05) is 13.2 Å². The summed E-state index contributed by atoms with van der Waals surface area (Å²) in [5.74, 6) is 0. The zero-order chi connectivity index (χ0) is 15.4. The van der Waals surface area contributed by atoms with E-state index < -0.39 is 24.7 Å². The maximum absolute atomic E-state index is 11.9. The molecule has 0 radical (unpaired) electrons. The van der Waals surface area contributed by atoms with E-state index in [4.69, 9.17) is 15.9 Å². The minimum Gasteiger partial charge on any atom is -0.390 e. The number of ether oxygens (including phenoxy) is 1.